The Kier molecular flexibility index (Phi) is 4.39. The van der Waals surface area contributed by atoms with Crippen molar-refractivity contribution in [1.82, 2.24) is 5.32 Å². The Morgan fingerprint density at radius 1 is 1.32 bits per heavy atom. The fourth-order valence-electron chi connectivity index (χ4n) is 3.49. The van der Waals surface area contributed by atoms with E-state index in [2.05, 4.69) is 18.3 Å². The number of aryl methyl sites for hydroxylation is 2. The number of amides is 1. The van der Waals surface area contributed by atoms with Crippen molar-refractivity contribution in [3.8, 4) is 5.75 Å². The van der Waals surface area contributed by atoms with E-state index in [0.717, 1.165) is 24.2 Å². The number of fused-ring (bicyclic) bond motifs is 1. The minimum Gasteiger partial charge on any atom is -0.480 e. The number of benzene rings is 1. The average Bonchev–Trinajstić information content (AvgIpc) is 3.14. The minimum absolute atomic E-state index is 0.122. The van der Waals surface area contributed by atoms with E-state index < -0.39 is 12.2 Å². The molecule has 0 saturated heterocycles. The summed E-state index contributed by atoms with van der Waals surface area (Å²) in [5, 5.41) is 13.0. The standard InChI is InChI=1S/C18H25NO3/c1-11-7-14-9-17(22-16(14)8-12(11)2)18(21)19-10-15(20)13-5-3-4-6-13/h7-8,13,15,17,20H,3-6,9-10H2,1-2H3,(H,19,21). The topological polar surface area (TPSA) is 58.6 Å². The van der Waals surface area contributed by atoms with Crippen molar-refractivity contribution in [2.45, 2.75) is 58.2 Å². The molecule has 120 valence electrons. The van der Waals surface area contributed by atoms with Crippen LogP contribution in [0, 0.1) is 19.8 Å². The first-order chi connectivity index (χ1) is 10.5. The molecule has 3 rings (SSSR count). The maximum Gasteiger partial charge on any atom is 0.261 e. The van der Waals surface area contributed by atoms with Crippen molar-refractivity contribution in [3.63, 3.8) is 0 Å². The summed E-state index contributed by atoms with van der Waals surface area (Å²) in [5.74, 6) is 1.04. The zero-order valence-corrected chi connectivity index (χ0v) is 13.4. The predicted molar refractivity (Wildman–Crippen MR) is 85.0 cm³/mol. The molecule has 1 heterocycles. The fourth-order valence-corrected chi connectivity index (χ4v) is 3.49. The highest BCUT2D eigenvalue weighted by Crippen LogP contribution is 2.31. The van der Waals surface area contributed by atoms with Crippen LogP contribution in [-0.4, -0.2) is 29.8 Å². The summed E-state index contributed by atoms with van der Waals surface area (Å²) in [6, 6.07) is 4.11. The first kappa shape index (κ1) is 15.3. The lowest BCUT2D eigenvalue weighted by atomic mass is 10.0. The second kappa shape index (κ2) is 6.29. The molecule has 2 unspecified atom stereocenters. The van der Waals surface area contributed by atoms with Gasteiger partial charge in [0.15, 0.2) is 6.10 Å². The van der Waals surface area contributed by atoms with E-state index in [9.17, 15) is 9.90 Å². The summed E-state index contributed by atoms with van der Waals surface area (Å²) in [7, 11) is 0. The van der Waals surface area contributed by atoms with Gasteiger partial charge in [0.1, 0.15) is 5.75 Å². The Morgan fingerprint density at radius 3 is 2.73 bits per heavy atom. The van der Waals surface area contributed by atoms with Crippen LogP contribution in [0.2, 0.25) is 0 Å². The minimum atomic E-state index is -0.466. The molecule has 22 heavy (non-hydrogen) atoms. The van der Waals surface area contributed by atoms with Crippen molar-refractivity contribution in [3.05, 3.63) is 28.8 Å². The number of rotatable bonds is 4. The van der Waals surface area contributed by atoms with Crippen molar-refractivity contribution in [2.75, 3.05) is 6.54 Å². The second-order valence-corrected chi connectivity index (χ2v) is 6.71. The molecule has 1 aliphatic heterocycles. The van der Waals surface area contributed by atoms with E-state index in [1.54, 1.807) is 0 Å². The van der Waals surface area contributed by atoms with Gasteiger partial charge < -0.3 is 15.2 Å². The van der Waals surface area contributed by atoms with Gasteiger partial charge in [0.2, 0.25) is 0 Å². The summed E-state index contributed by atoms with van der Waals surface area (Å²) in [6.45, 7) is 4.45. The highest BCUT2D eigenvalue weighted by Gasteiger charge is 2.30. The monoisotopic (exact) mass is 303 g/mol. The van der Waals surface area contributed by atoms with E-state index >= 15 is 0 Å². The van der Waals surface area contributed by atoms with Crippen LogP contribution in [0.1, 0.15) is 42.4 Å². The number of carbonyl (C=O) groups excluding carboxylic acids is 1. The van der Waals surface area contributed by atoms with Crippen LogP contribution < -0.4 is 10.1 Å². The van der Waals surface area contributed by atoms with Gasteiger partial charge >= 0.3 is 0 Å². The molecule has 4 heteroatoms. The smallest absolute Gasteiger partial charge is 0.261 e. The van der Waals surface area contributed by atoms with Crippen molar-refractivity contribution in [2.24, 2.45) is 5.92 Å². The van der Waals surface area contributed by atoms with Gasteiger partial charge in [-0.3, -0.25) is 4.79 Å². The second-order valence-electron chi connectivity index (χ2n) is 6.71. The third-order valence-electron chi connectivity index (χ3n) is 5.07. The van der Waals surface area contributed by atoms with Crippen LogP contribution in [0.3, 0.4) is 0 Å². The first-order valence-corrected chi connectivity index (χ1v) is 8.27. The lowest BCUT2D eigenvalue weighted by Gasteiger charge is -2.19. The molecule has 0 spiro atoms. The van der Waals surface area contributed by atoms with Crippen molar-refractivity contribution in [1.29, 1.82) is 0 Å². The van der Waals surface area contributed by atoms with Gasteiger partial charge in [-0.05, 0) is 55.4 Å². The van der Waals surface area contributed by atoms with Gasteiger partial charge in [-0.2, -0.15) is 0 Å². The normalized spacial score (nSPS) is 22.2. The SMILES string of the molecule is Cc1cc2c(cc1C)OC(C(=O)NCC(O)C1CCCC1)C2. The van der Waals surface area contributed by atoms with Gasteiger partial charge in [-0.1, -0.05) is 18.9 Å². The zero-order chi connectivity index (χ0) is 15.7. The molecule has 4 nitrogen and oxygen atoms in total. The lowest BCUT2D eigenvalue weighted by Crippen LogP contribution is -2.42. The molecule has 1 aromatic carbocycles. The lowest BCUT2D eigenvalue weighted by molar-refractivity contribution is -0.127. The van der Waals surface area contributed by atoms with Gasteiger partial charge in [-0.25, -0.2) is 0 Å². The molecule has 2 atom stereocenters. The molecule has 2 N–H and O–H groups in total. The van der Waals surface area contributed by atoms with E-state index in [0.29, 0.717) is 18.9 Å². The number of aliphatic hydroxyl groups is 1. The molecule has 1 amide bonds. The molecule has 2 aliphatic rings. The van der Waals surface area contributed by atoms with Crippen molar-refractivity contribution < 1.29 is 14.6 Å². The quantitative estimate of drug-likeness (QED) is 0.897. The number of ether oxygens (including phenoxy) is 1. The van der Waals surface area contributed by atoms with Crippen LogP contribution >= 0.6 is 0 Å². The van der Waals surface area contributed by atoms with Crippen molar-refractivity contribution >= 4 is 5.91 Å². The molecule has 1 aromatic rings. The van der Waals surface area contributed by atoms with Crippen LogP contribution in [-0.2, 0) is 11.2 Å². The Hall–Kier alpha value is -1.55. The van der Waals surface area contributed by atoms with E-state index in [-0.39, 0.29) is 5.91 Å². The van der Waals surface area contributed by atoms with Crippen LogP contribution in [0.4, 0.5) is 0 Å². The molecule has 0 radical (unpaired) electrons. The Morgan fingerprint density at radius 2 is 2.00 bits per heavy atom. The summed E-state index contributed by atoms with van der Waals surface area (Å²) in [4.78, 5) is 12.3. The number of hydrogen-bond donors (Lipinski definition) is 2. The summed E-state index contributed by atoms with van der Waals surface area (Å²) in [5.41, 5.74) is 3.50. The molecular weight excluding hydrogens is 278 g/mol. The molecule has 0 bridgehead atoms. The summed E-state index contributed by atoms with van der Waals surface area (Å²) in [6.07, 6.45) is 4.24. The zero-order valence-electron chi connectivity index (χ0n) is 13.4. The van der Waals surface area contributed by atoms with E-state index in [4.69, 9.17) is 4.74 Å². The largest absolute Gasteiger partial charge is 0.480 e. The highest BCUT2D eigenvalue weighted by molar-refractivity contribution is 5.82. The Balaban J connectivity index is 1.54. The number of nitrogens with one attached hydrogen (secondary N) is 1. The molecule has 1 saturated carbocycles. The van der Waals surface area contributed by atoms with Gasteiger partial charge in [0.25, 0.3) is 5.91 Å². The molecule has 0 aromatic heterocycles. The van der Waals surface area contributed by atoms with Gasteiger partial charge in [0.05, 0.1) is 6.10 Å². The number of aliphatic hydroxyl groups excluding tert-OH is 1. The highest BCUT2D eigenvalue weighted by atomic mass is 16.5. The molecule has 1 aliphatic carbocycles. The van der Waals surface area contributed by atoms with E-state index in [1.165, 1.54) is 24.0 Å². The summed E-state index contributed by atoms with van der Waals surface area (Å²) < 4.78 is 5.77. The number of carbonyl (C=O) groups is 1. The van der Waals surface area contributed by atoms with Crippen LogP contribution in [0.15, 0.2) is 12.1 Å². The van der Waals surface area contributed by atoms with Crippen LogP contribution in [0.25, 0.3) is 0 Å². The Bertz CT molecular complexity index is 533. The maximum atomic E-state index is 12.3. The first-order valence-electron chi connectivity index (χ1n) is 8.27. The third kappa shape index (κ3) is 3.12. The third-order valence-corrected chi connectivity index (χ3v) is 5.07. The molecule has 1 fully saturated rings. The van der Waals surface area contributed by atoms with E-state index in [1.807, 2.05) is 13.0 Å². The van der Waals surface area contributed by atoms with Gasteiger partial charge in [0, 0.05) is 13.0 Å². The summed E-state index contributed by atoms with van der Waals surface area (Å²) >= 11 is 0. The Labute approximate surface area is 131 Å². The fraction of sp³-hybridized carbons (Fsp3) is 0.611. The van der Waals surface area contributed by atoms with Crippen LogP contribution in [0.5, 0.6) is 5.75 Å². The molecular formula is C18H25NO3. The predicted octanol–water partition coefficient (Wildman–Crippen LogP) is 2.27. The maximum absolute atomic E-state index is 12.3. The van der Waals surface area contributed by atoms with Gasteiger partial charge in [-0.15, -0.1) is 0 Å². The average molecular weight is 303 g/mol. The number of hydrogen-bond acceptors (Lipinski definition) is 3.